The number of sulfone groups is 1. The lowest BCUT2D eigenvalue weighted by atomic mass is 10.1. The molecule has 3 aromatic rings. The van der Waals surface area contributed by atoms with Crippen molar-refractivity contribution in [2.24, 2.45) is 0 Å². The van der Waals surface area contributed by atoms with Crippen molar-refractivity contribution >= 4 is 27.8 Å². The molecule has 0 saturated carbocycles. The third-order valence-electron chi connectivity index (χ3n) is 5.61. The molecule has 1 amide bonds. The molecule has 2 heterocycles. The van der Waals surface area contributed by atoms with Gasteiger partial charge in [-0.05, 0) is 43.2 Å². The van der Waals surface area contributed by atoms with Crippen molar-refractivity contribution in [1.29, 1.82) is 0 Å². The number of cyclic esters (lactones) is 1. The van der Waals surface area contributed by atoms with E-state index in [1.54, 1.807) is 0 Å². The molecule has 4 rings (SSSR count). The topological polar surface area (TPSA) is 124 Å². The van der Waals surface area contributed by atoms with Gasteiger partial charge in [-0.2, -0.15) is 15.0 Å². The van der Waals surface area contributed by atoms with Crippen molar-refractivity contribution in [3.05, 3.63) is 60.2 Å². The van der Waals surface area contributed by atoms with Crippen LogP contribution in [-0.2, 0) is 14.6 Å². The van der Waals surface area contributed by atoms with Crippen molar-refractivity contribution in [3.63, 3.8) is 0 Å². The maximum absolute atomic E-state index is 12.6. The van der Waals surface area contributed by atoms with Gasteiger partial charge in [0.05, 0.1) is 17.8 Å². The van der Waals surface area contributed by atoms with E-state index in [0.717, 1.165) is 11.3 Å². The molecule has 1 saturated heterocycles. The quantitative estimate of drug-likeness (QED) is 0.459. The molecule has 1 aromatic heterocycles. The maximum Gasteiger partial charge on any atom is 0.417 e. The third kappa shape index (κ3) is 5.51. The zero-order valence-corrected chi connectivity index (χ0v) is 20.5. The molecule has 1 fully saturated rings. The molecular weight excluding hydrogens is 470 g/mol. The normalized spacial score (nSPS) is 16.6. The highest BCUT2D eigenvalue weighted by Crippen LogP contribution is 2.27. The summed E-state index contributed by atoms with van der Waals surface area (Å²) in [6, 6.07) is 16.4. The van der Waals surface area contributed by atoms with Crippen molar-refractivity contribution in [1.82, 2.24) is 15.0 Å². The first-order valence-electron chi connectivity index (χ1n) is 11.3. The predicted molar refractivity (Wildman–Crippen MR) is 130 cm³/mol. The Kier molecular flexibility index (Phi) is 7.15. The van der Waals surface area contributed by atoms with E-state index in [1.807, 2.05) is 68.4 Å². The van der Waals surface area contributed by atoms with Gasteiger partial charge in [-0.3, -0.25) is 0 Å². The van der Waals surface area contributed by atoms with Crippen LogP contribution in [0.25, 0.3) is 0 Å². The fraction of sp³-hybridized carbons (Fsp3) is 0.333. The van der Waals surface area contributed by atoms with Crippen LogP contribution in [0.5, 0.6) is 11.5 Å². The molecule has 1 aliphatic rings. The van der Waals surface area contributed by atoms with E-state index < -0.39 is 15.9 Å². The van der Waals surface area contributed by atoms with Crippen molar-refractivity contribution in [3.8, 4) is 11.5 Å². The summed E-state index contributed by atoms with van der Waals surface area (Å²) < 4.78 is 36.1. The fourth-order valence-electron chi connectivity index (χ4n) is 3.52. The summed E-state index contributed by atoms with van der Waals surface area (Å²) >= 11 is 0. The molecule has 1 N–H and O–H groups in total. The zero-order chi connectivity index (χ0) is 25.0. The molecule has 0 bridgehead atoms. The fourth-order valence-corrected chi connectivity index (χ4v) is 4.22. The van der Waals surface area contributed by atoms with Gasteiger partial charge in [0.2, 0.25) is 21.7 Å². The Balaban J connectivity index is 1.59. The minimum absolute atomic E-state index is 0.0497. The lowest BCUT2D eigenvalue weighted by molar-refractivity contribution is 0.178. The van der Waals surface area contributed by atoms with E-state index in [9.17, 15) is 13.2 Å². The van der Waals surface area contributed by atoms with Gasteiger partial charge in [0.15, 0.2) is 0 Å². The second-order valence-corrected chi connectivity index (χ2v) is 10.2. The summed E-state index contributed by atoms with van der Waals surface area (Å²) in [5, 5.41) is 2.74. The summed E-state index contributed by atoms with van der Waals surface area (Å²) in [5.74, 6) is 1.23. The van der Waals surface area contributed by atoms with Crippen LogP contribution in [0, 0.1) is 0 Å². The van der Waals surface area contributed by atoms with Crippen LogP contribution in [0.15, 0.2) is 59.8 Å². The first kappa shape index (κ1) is 24.4. The summed E-state index contributed by atoms with van der Waals surface area (Å²) in [6.07, 6.45) is -0.0139. The molecule has 2 atom stereocenters. The lowest BCUT2D eigenvalue weighted by Gasteiger charge is -2.20. The highest BCUT2D eigenvalue weighted by Gasteiger charge is 2.36. The Hall–Kier alpha value is -3.73. The molecular formula is C24H27N5O5S. The number of carbonyl (C=O) groups is 1. The van der Waals surface area contributed by atoms with E-state index in [0.29, 0.717) is 12.2 Å². The van der Waals surface area contributed by atoms with Gasteiger partial charge in [-0.1, -0.05) is 44.2 Å². The number of para-hydroxylation sites is 1. The standard InChI is InChI=1S/C24H27N5O5S/c1-4-18-15-33-24(30)29(18)22-26-21(27-23(28-22)35(31,32)5-2)25-16(3)17-11-13-20(14-12-17)34-19-9-7-6-8-10-19/h6-14,16,18H,4-5,15H2,1-3H3,(H,25,26,27,28)/t16-,18-/m0/s1. The van der Waals surface area contributed by atoms with Gasteiger partial charge in [0.25, 0.3) is 5.16 Å². The minimum atomic E-state index is -3.75. The Morgan fingerprint density at radius 1 is 1.06 bits per heavy atom. The first-order chi connectivity index (χ1) is 16.8. The number of benzene rings is 2. The molecule has 0 unspecified atom stereocenters. The van der Waals surface area contributed by atoms with Crippen LogP contribution >= 0.6 is 0 Å². The molecule has 0 aliphatic carbocycles. The van der Waals surface area contributed by atoms with E-state index in [1.165, 1.54) is 11.8 Å². The Morgan fingerprint density at radius 2 is 1.74 bits per heavy atom. The summed E-state index contributed by atoms with van der Waals surface area (Å²) in [4.78, 5) is 26.2. The number of anilines is 2. The zero-order valence-electron chi connectivity index (χ0n) is 19.7. The third-order valence-corrected chi connectivity index (χ3v) is 7.11. The van der Waals surface area contributed by atoms with Gasteiger partial charge in [-0.25, -0.2) is 18.1 Å². The van der Waals surface area contributed by atoms with Crippen LogP contribution < -0.4 is 15.0 Å². The number of amides is 1. The number of rotatable bonds is 9. The Bertz CT molecular complexity index is 1290. The van der Waals surface area contributed by atoms with Gasteiger partial charge >= 0.3 is 6.09 Å². The molecule has 10 nitrogen and oxygen atoms in total. The molecule has 2 aromatic carbocycles. The Morgan fingerprint density at radius 3 is 2.40 bits per heavy atom. The van der Waals surface area contributed by atoms with Gasteiger partial charge in [0.1, 0.15) is 18.1 Å². The largest absolute Gasteiger partial charge is 0.457 e. The monoisotopic (exact) mass is 497 g/mol. The van der Waals surface area contributed by atoms with Crippen molar-refractivity contribution in [2.45, 2.75) is 44.4 Å². The molecule has 1 aliphatic heterocycles. The second-order valence-electron chi connectivity index (χ2n) is 8.00. The van der Waals surface area contributed by atoms with Crippen LogP contribution in [0.2, 0.25) is 0 Å². The first-order valence-corrected chi connectivity index (χ1v) is 13.0. The number of ether oxygens (including phenoxy) is 2. The van der Waals surface area contributed by atoms with Crippen molar-refractivity contribution in [2.75, 3.05) is 22.6 Å². The number of carbonyl (C=O) groups excluding carboxylic acids is 1. The highest BCUT2D eigenvalue weighted by atomic mass is 32.2. The van der Waals surface area contributed by atoms with E-state index >= 15 is 0 Å². The summed E-state index contributed by atoms with van der Waals surface area (Å²) in [5.41, 5.74) is 0.902. The van der Waals surface area contributed by atoms with E-state index in [-0.39, 0.29) is 41.5 Å². The molecule has 0 radical (unpaired) electrons. The second kappa shape index (κ2) is 10.3. The van der Waals surface area contributed by atoms with E-state index in [4.69, 9.17) is 9.47 Å². The Labute approximate surface area is 204 Å². The average Bonchev–Trinajstić information content (AvgIpc) is 3.25. The number of aromatic nitrogens is 3. The molecule has 184 valence electrons. The number of hydrogen-bond donors (Lipinski definition) is 1. The number of hydrogen-bond acceptors (Lipinski definition) is 9. The van der Waals surface area contributed by atoms with Crippen LogP contribution in [0.1, 0.15) is 38.8 Å². The number of nitrogens with one attached hydrogen (secondary N) is 1. The number of nitrogens with zero attached hydrogens (tertiary/aromatic N) is 4. The van der Waals surface area contributed by atoms with Gasteiger partial charge < -0.3 is 14.8 Å². The smallest absolute Gasteiger partial charge is 0.417 e. The van der Waals surface area contributed by atoms with Gasteiger partial charge in [-0.15, -0.1) is 0 Å². The summed E-state index contributed by atoms with van der Waals surface area (Å²) in [6.45, 7) is 5.49. The highest BCUT2D eigenvalue weighted by molar-refractivity contribution is 7.91. The lowest BCUT2D eigenvalue weighted by Crippen LogP contribution is -2.35. The maximum atomic E-state index is 12.6. The average molecular weight is 498 g/mol. The van der Waals surface area contributed by atoms with E-state index in [2.05, 4.69) is 20.3 Å². The van der Waals surface area contributed by atoms with Crippen LogP contribution in [0.3, 0.4) is 0 Å². The van der Waals surface area contributed by atoms with Crippen molar-refractivity contribution < 1.29 is 22.7 Å². The van der Waals surface area contributed by atoms with Gasteiger partial charge in [0, 0.05) is 0 Å². The minimum Gasteiger partial charge on any atom is -0.457 e. The molecule has 11 heteroatoms. The van der Waals surface area contributed by atoms with Crippen LogP contribution in [-0.4, -0.2) is 47.9 Å². The predicted octanol–water partition coefficient (Wildman–Crippen LogP) is 4.37. The summed E-state index contributed by atoms with van der Waals surface area (Å²) in [7, 11) is -3.75. The molecule has 0 spiro atoms. The SMILES string of the molecule is CC[C@H]1COC(=O)N1c1nc(N[C@@H](C)c2ccc(Oc3ccccc3)cc2)nc(S(=O)(=O)CC)n1. The van der Waals surface area contributed by atoms with Crippen LogP contribution in [0.4, 0.5) is 16.7 Å². The molecule has 35 heavy (non-hydrogen) atoms.